The molecule has 88 valence electrons. The second-order valence-corrected chi connectivity index (χ2v) is 4.32. The summed E-state index contributed by atoms with van der Waals surface area (Å²) in [6, 6.07) is 14.8. The number of hydrogen-bond donors (Lipinski definition) is 1. The highest BCUT2D eigenvalue weighted by molar-refractivity contribution is 5.68. The van der Waals surface area contributed by atoms with Crippen molar-refractivity contribution < 1.29 is 0 Å². The van der Waals surface area contributed by atoms with Gasteiger partial charge in [-0.25, -0.2) is 0 Å². The fourth-order valence-electron chi connectivity index (χ4n) is 2.20. The molecule has 0 amide bonds. The van der Waals surface area contributed by atoms with Gasteiger partial charge in [-0.2, -0.15) is 0 Å². The molecule has 0 radical (unpaired) electrons. The van der Waals surface area contributed by atoms with Crippen molar-refractivity contribution in [2.75, 3.05) is 5.73 Å². The van der Waals surface area contributed by atoms with Gasteiger partial charge in [-0.05, 0) is 47.2 Å². The molecule has 2 aromatic rings. The Balaban J connectivity index is 2.46. The molecule has 1 heteroatoms. The number of rotatable bonds is 3. The maximum atomic E-state index is 5.82. The van der Waals surface area contributed by atoms with Crippen molar-refractivity contribution in [3.05, 3.63) is 53.6 Å². The summed E-state index contributed by atoms with van der Waals surface area (Å²) in [5.74, 6) is 0. The molecule has 0 aromatic heterocycles. The zero-order chi connectivity index (χ0) is 12.3. The van der Waals surface area contributed by atoms with Gasteiger partial charge in [0, 0.05) is 5.69 Å². The Bertz CT molecular complexity index is 515. The Labute approximate surface area is 103 Å². The van der Waals surface area contributed by atoms with E-state index in [2.05, 4.69) is 38.1 Å². The maximum absolute atomic E-state index is 5.82. The average molecular weight is 225 g/mol. The van der Waals surface area contributed by atoms with Gasteiger partial charge >= 0.3 is 0 Å². The van der Waals surface area contributed by atoms with Gasteiger partial charge in [0.15, 0.2) is 0 Å². The van der Waals surface area contributed by atoms with Gasteiger partial charge in [0.25, 0.3) is 0 Å². The summed E-state index contributed by atoms with van der Waals surface area (Å²) >= 11 is 0. The second kappa shape index (κ2) is 5.05. The van der Waals surface area contributed by atoms with Crippen LogP contribution in [0.1, 0.15) is 25.0 Å². The highest BCUT2D eigenvalue weighted by Gasteiger charge is 2.03. The molecule has 2 N–H and O–H groups in total. The van der Waals surface area contributed by atoms with Crippen LogP contribution in [0, 0.1) is 0 Å². The van der Waals surface area contributed by atoms with Crippen molar-refractivity contribution in [3.63, 3.8) is 0 Å². The molecule has 2 aromatic carbocycles. The molecule has 0 saturated heterocycles. The van der Waals surface area contributed by atoms with Crippen LogP contribution in [0.4, 0.5) is 5.69 Å². The van der Waals surface area contributed by atoms with Gasteiger partial charge in [0.1, 0.15) is 0 Å². The molecule has 1 nitrogen and oxygen atoms in total. The van der Waals surface area contributed by atoms with Crippen LogP contribution in [-0.4, -0.2) is 0 Å². The first-order valence-corrected chi connectivity index (χ1v) is 6.22. The van der Waals surface area contributed by atoms with E-state index in [4.69, 9.17) is 5.73 Å². The largest absolute Gasteiger partial charge is 0.399 e. The third kappa shape index (κ3) is 2.50. The fourth-order valence-corrected chi connectivity index (χ4v) is 2.20. The average Bonchev–Trinajstić information content (AvgIpc) is 2.38. The minimum absolute atomic E-state index is 0.820. The number of anilines is 1. The molecule has 0 aliphatic rings. The number of benzene rings is 2. The van der Waals surface area contributed by atoms with E-state index in [1.165, 1.54) is 22.3 Å². The predicted molar refractivity (Wildman–Crippen MR) is 75.0 cm³/mol. The molecule has 0 atom stereocenters. The molecular formula is C16H19N. The van der Waals surface area contributed by atoms with Crippen LogP contribution in [-0.2, 0) is 12.8 Å². The van der Waals surface area contributed by atoms with Crippen molar-refractivity contribution in [2.24, 2.45) is 0 Å². The number of aryl methyl sites for hydroxylation is 2. The van der Waals surface area contributed by atoms with Crippen molar-refractivity contribution in [1.82, 2.24) is 0 Å². The van der Waals surface area contributed by atoms with Gasteiger partial charge in [0.05, 0.1) is 0 Å². The number of nitrogens with two attached hydrogens (primary N) is 1. The molecule has 2 rings (SSSR count). The molecule has 0 unspecified atom stereocenters. The van der Waals surface area contributed by atoms with Crippen molar-refractivity contribution >= 4 is 5.69 Å². The van der Waals surface area contributed by atoms with E-state index in [9.17, 15) is 0 Å². The van der Waals surface area contributed by atoms with E-state index < -0.39 is 0 Å². The lowest BCUT2D eigenvalue weighted by Gasteiger charge is -2.09. The molecule has 0 aliphatic carbocycles. The third-order valence-electron chi connectivity index (χ3n) is 3.19. The van der Waals surface area contributed by atoms with Gasteiger partial charge in [0.2, 0.25) is 0 Å². The monoisotopic (exact) mass is 225 g/mol. The molecule has 0 saturated carbocycles. The molecule has 0 bridgehead atoms. The Morgan fingerprint density at radius 3 is 2.18 bits per heavy atom. The third-order valence-corrected chi connectivity index (χ3v) is 3.19. The summed E-state index contributed by atoms with van der Waals surface area (Å²) in [7, 11) is 0. The maximum Gasteiger partial charge on any atom is 0.0320 e. The first-order chi connectivity index (χ1) is 8.24. The van der Waals surface area contributed by atoms with Crippen molar-refractivity contribution in [2.45, 2.75) is 26.7 Å². The molecule has 0 aliphatic heterocycles. The Kier molecular flexibility index (Phi) is 3.48. The second-order valence-electron chi connectivity index (χ2n) is 4.32. The smallest absolute Gasteiger partial charge is 0.0320 e. The molecule has 0 fully saturated rings. The lowest BCUT2D eigenvalue weighted by molar-refractivity contribution is 1.04. The molecule has 0 spiro atoms. The Morgan fingerprint density at radius 2 is 1.53 bits per heavy atom. The van der Waals surface area contributed by atoms with Crippen LogP contribution in [0.5, 0.6) is 0 Å². The zero-order valence-electron chi connectivity index (χ0n) is 10.5. The summed E-state index contributed by atoms with van der Waals surface area (Å²) in [5, 5.41) is 0. The normalized spacial score (nSPS) is 10.5. The zero-order valence-corrected chi connectivity index (χ0v) is 10.5. The van der Waals surface area contributed by atoms with Crippen LogP contribution in [0.2, 0.25) is 0 Å². The van der Waals surface area contributed by atoms with Crippen LogP contribution < -0.4 is 5.73 Å². The summed E-state index contributed by atoms with van der Waals surface area (Å²) in [4.78, 5) is 0. The summed E-state index contributed by atoms with van der Waals surface area (Å²) < 4.78 is 0. The molecule has 0 heterocycles. The molecule has 17 heavy (non-hydrogen) atoms. The molecular weight excluding hydrogens is 206 g/mol. The summed E-state index contributed by atoms with van der Waals surface area (Å²) in [6.45, 7) is 4.41. The summed E-state index contributed by atoms with van der Waals surface area (Å²) in [5.41, 5.74) is 12.0. The lowest BCUT2D eigenvalue weighted by atomic mass is 9.96. The van der Waals surface area contributed by atoms with E-state index in [1.54, 1.807) is 0 Å². The van der Waals surface area contributed by atoms with Crippen LogP contribution in [0.25, 0.3) is 11.1 Å². The quantitative estimate of drug-likeness (QED) is 0.783. The Hall–Kier alpha value is -1.76. The van der Waals surface area contributed by atoms with Crippen molar-refractivity contribution in [3.8, 4) is 11.1 Å². The van der Waals surface area contributed by atoms with Gasteiger partial charge in [-0.15, -0.1) is 0 Å². The van der Waals surface area contributed by atoms with Gasteiger partial charge in [-0.3, -0.25) is 0 Å². The first-order valence-electron chi connectivity index (χ1n) is 6.22. The standard InChI is InChI=1S/C16H19N/c1-3-12-8-9-15(10-13(12)4-2)14-6-5-7-16(17)11-14/h5-11H,3-4,17H2,1-2H3. The van der Waals surface area contributed by atoms with Gasteiger partial charge < -0.3 is 5.73 Å². The minimum Gasteiger partial charge on any atom is -0.399 e. The van der Waals surface area contributed by atoms with Crippen LogP contribution >= 0.6 is 0 Å². The van der Waals surface area contributed by atoms with E-state index in [-0.39, 0.29) is 0 Å². The number of hydrogen-bond acceptors (Lipinski definition) is 1. The van der Waals surface area contributed by atoms with E-state index in [0.29, 0.717) is 0 Å². The predicted octanol–water partition coefficient (Wildman–Crippen LogP) is 4.06. The SMILES string of the molecule is CCc1ccc(-c2cccc(N)c2)cc1CC. The van der Waals surface area contributed by atoms with E-state index in [0.717, 1.165) is 18.5 Å². The Morgan fingerprint density at radius 1 is 0.824 bits per heavy atom. The van der Waals surface area contributed by atoms with Gasteiger partial charge in [-0.1, -0.05) is 44.2 Å². The lowest BCUT2D eigenvalue weighted by Crippen LogP contribution is -1.92. The van der Waals surface area contributed by atoms with Crippen molar-refractivity contribution in [1.29, 1.82) is 0 Å². The van der Waals surface area contributed by atoms with E-state index in [1.807, 2.05) is 18.2 Å². The topological polar surface area (TPSA) is 26.0 Å². The highest BCUT2D eigenvalue weighted by Crippen LogP contribution is 2.24. The first kappa shape index (κ1) is 11.7. The fraction of sp³-hybridized carbons (Fsp3) is 0.250. The highest BCUT2D eigenvalue weighted by atomic mass is 14.5. The van der Waals surface area contributed by atoms with Crippen LogP contribution in [0.15, 0.2) is 42.5 Å². The number of nitrogen functional groups attached to an aromatic ring is 1. The summed E-state index contributed by atoms with van der Waals surface area (Å²) in [6.07, 6.45) is 2.18. The van der Waals surface area contributed by atoms with E-state index >= 15 is 0 Å². The van der Waals surface area contributed by atoms with Crippen LogP contribution in [0.3, 0.4) is 0 Å². The minimum atomic E-state index is 0.820.